The number of carbonyl (C=O) groups excluding carboxylic acids is 2. The molecule has 224 valence electrons. The van der Waals surface area contributed by atoms with E-state index < -0.39 is 11.6 Å². The van der Waals surface area contributed by atoms with E-state index in [0.29, 0.717) is 22.6 Å². The SMILES string of the molecule is CSc1ccc(C(=O)OCCOc2ccc(-c3ccc(OCC(C)(O)COC(=O)c4ccc(SC)cc4)cc3)cc2)cc1. The van der Waals surface area contributed by atoms with Gasteiger partial charge in [-0.1, -0.05) is 24.3 Å². The van der Waals surface area contributed by atoms with E-state index in [-0.39, 0.29) is 32.4 Å². The number of aliphatic hydroxyl groups is 1. The Balaban J connectivity index is 1.19. The highest BCUT2D eigenvalue weighted by molar-refractivity contribution is 7.98. The van der Waals surface area contributed by atoms with Crippen molar-refractivity contribution in [3.8, 4) is 22.6 Å². The minimum absolute atomic E-state index is 0.0450. The molecule has 0 spiro atoms. The summed E-state index contributed by atoms with van der Waals surface area (Å²) in [5, 5.41) is 10.6. The van der Waals surface area contributed by atoms with Crippen molar-refractivity contribution in [1.29, 1.82) is 0 Å². The molecule has 7 nitrogen and oxygen atoms in total. The smallest absolute Gasteiger partial charge is 0.338 e. The van der Waals surface area contributed by atoms with Gasteiger partial charge < -0.3 is 24.1 Å². The van der Waals surface area contributed by atoms with E-state index in [9.17, 15) is 14.7 Å². The lowest BCUT2D eigenvalue weighted by Crippen LogP contribution is -2.38. The highest BCUT2D eigenvalue weighted by Gasteiger charge is 2.24. The molecular weight excluding hydrogens is 585 g/mol. The zero-order valence-corrected chi connectivity index (χ0v) is 25.9. The monoisotopic (exact) mass is 618 g/mol. The van der Waals surface area contributed by atoms with Crippen LogP contribution < -0.4 is 9.47 Å². The van der Waals surface area contributed by atoms with Crippen LogP contribution in [-0.2, 0) is 9.47 Å². The molecule has 4 aromatic rings. The van der Waals surface area contributed by atoms with Crippen molar-refractivity contribution in [1.82, 2.24) is 0 Å². The Labute approximate surface area is 260 Å². The molecule has 0 fully saturated rings. The van der Waals surface area contributed by atoms with Crippen molar-refractivity contribution in [2.45, 2.75) is 22.3 Å². The summed E-state index contributed by atoms with van der Waals surface area (Å²) in [6.45, 7) is 1.71. The molecule has 9 heteroatoms. The summed E-state index contributed by atoms with van der Waals surface area (Å²) >= 11 is 3.20. The van der Waals surface area contributed by atoms with Gasteiger partial charge in [-0.15, -0.1) is 23.5 Å². The van der Waals surface area contributed by atoms with Crippen molar-refractivity contribution in [2.24, 2.45) is 0 Å². The number of rotatable bonds is 14. The van der Waals surface area contributed by atoms with Crippen LogP contribution in [0.5, 0.6) is 11.5 Å². The first-order chi connectivity index (χ1) is 20.8. The Morgan fingerprint density at radius 2 is 1.05 bits per heavy atom. The molecule has 4 rings (SSSR count). The Hall–Kier alpha value is -3.92. The van der Waals surface area contributed by atoms with E-state index in [1.54, 1.807) is 54.7 Å². The molecule has 0 aliphatic heterocycles. The highest BCUT2D eigenvalue weighted by Crippen LogP contribution is 2.25. The molecule has 1 N–H and O–H groups in total. The first kappa shape index (κ1) is 32.0. The van der Waals surface area contributed by atoms with Gasteiger partial charge in [-0.2, -0.15) is 0 Å². The summed E-state index contributed by atoms with van der Waals surface area (Å²) in [7, 11) is 0. The third kappa shape index (κ3) is 9.81. The first-order valence-corrected chi connectivity index (χ1v) is 16.0. The van der Waals surface area contributed by atoms with E-state index in [2.05, 4.69) is 0 Å². The van der Waals surface area contributed by atoms with Gasteiger partial charge >= 0.3 is 11.9 Å². The fourth-order valence-corrected chi connectivity index (χ4v) is 4.72. The Morgan fingerprint density at radius 3 is 1.51 bits per heavy atom. The van der Waals surface area contributed by atoms with Crippen LogP contribution in [0.1, 0.15) is 27.6 Å². The minimum atomic E-state index is -1.36. The van der Waals surface area contributed by atoms with Crippen LogP contribution in [0, 0.1) is 0 Å². The number of ether oxygens (including phenoxy) is 4. The molecule has 0 aromatic heterocycles. The van der Waals surface area contributed by atoms with Crippen LogP contribution in [0.25, 0.3) is 11.1 Å². The fraction of sp³-hybridized carbons (Fsp3) is 0.235. The van der Waals surface area contributed by atoms with Crippen LogP contribution >= 0.6 is 23.5 Å². The summed E-state index contributed by atoms with van der Waals surface area (Å²) in [5.74, 6) is 0.380. The van der Waals surface area contributed by atoms with Gasteiger partial charge in [0, 0.05) is 9.79 Å². The average Bonchev–Trinajstić information content (AvgIpc) is 3.05. The van der Waals surface area contributed by atoms with Gasteiger partial charge in [-0.25, -0.2) is 9.59 Å². The Kier molecular flexibility index (Phi) is 11.6. The summed E-state index contributed by atoms with van der Waals surface area (Å²) in [6, 6.07) is 29.5. The van der Waals surface area contributed by atoms with Crippen LogP contribution in [0.15, 0.2) is 107 Å². The maximum atomic E-state index is 12.3. The lowest BCUT2D eigenvalue weighted by atomic mass is 10.1. The van der Waals surface area contributed by atoms with Gasteiger partial charge in [-0.05, 0) is 103 Å². The minimum Gasteiger partial charge on any atom is -0.490 e. The Bertz CT molecular complexity index is 1470. The molecule has 1 unspecified atom stereocenters. The summed E-state index contributed by atoms with van der Waals surface area (Å²) in [5.41, 5.74) is 1.55. The van der Waals surface area contributed by atoms with Gasteiger partial charge in [0.15, 0.2) is 0 Å². The van der Waals surface area contributed by atoms with E-state index in [1.165, 1.54) is 0 Å². The van der Waals surface area contributed by atoms with Crippen molar-refractivity contribution >= 4 is 35.5 Å². The first-order valence-electron chi connectivity index (χ1n) is 13.6. The molecule has 4 aromatic carbocycles. The second kappa shape index (κ2) is 15.5. The van der Waals surface area contributed by atoms with E-state index in [0.717, 1.165) is 20.9 Å². The van der Waals surface area contributed by atoms with Crippen LogP contribution in [0.2, 0.25) is 0 Å². The van der Waals surface area contributed by atoms with Gasteiger partial charge in [-0.3, -0.25) is 0 Å². The van der Waals surface area contributed by atoms with E-state index in [1.807, 2.05) is 85.3 Å². The van der Waals surface area contributed by atoms with E-state index in [4.69, 9.17) is 18.9 Å². The van der Waals surface area contributed by atoms with Crippen molar-refractivity contribution in [3.05, 3.63) is 108 Å². The summed E-state index contributed by atoms with van der Waals surface area (Å²) in [6.07, 6.45) is 3.94. The number of carbonyl (C=O) groups is 2. The normalized spacial score (nSPS) is 12.2. The number of esters is 2. The zero-order valence-electron chi connectivity index (χ0n) is 24.3. The largest absolute Gasteiger partial charge is 0.490 e. The topological polar surface area (TPSA) is 91.3 Å². The molecule has 0 bridgehead atoms. The number of hydrogen-bond donors (Lipinski definition) is 1. The lowest BCUT2D eigenvalue weighted by Gasteiger charge is -2.23. The average molecular weight is 619 g/mol. The molecule has 1 atom stereocenters. The molecular formula is C34H34O7S2. The standard InChI is InChI=1S/C34H34O7S2/c1-34(37,23-41-33(36)27-10-18-31(43-3)19-11-27)22-40-29-14-6-25(7-15-29)24-4-12-28(13-5-24)38-20-21-39-32(35)26-8-16-30(42-2)17-9-26/h4-19,37H,20-23H2,1-3H3. The Morgan fingerprint density at radius 1 is 0.605 bits per heavy atom. The third-order valence-corrected chi connectivity index (χ3v) is 7.83. The predicted octanol–water partition coefficient (Wildman–Crippen LogP) is 7.02. The quantitative estimate of drug-likeness (QED) is 0.0909. The fourth-order valence-electron chi connectivity index (χ4n) is 3.90. The highest BCUT2D eigenvalue weighted by atomic mass is 32.2. The van der Waals surface area contributed by atoms with Gasteiger partial charge in [0.1, 0.15) is 43.5 Å². The van der Waals surface area contributed by atoms with Crippen molar-refractivity contribution < 1.29 is 33.6 Å². The molecule has 0 amide bonds. The number of thioether (sulfide) groups is 2. The molecule has 43 heavy (non-hydrogen) atoms. The second-order valence-electron chi connectivity index (χ2n) is 9.85. The molecule has 0 saturated carbocycles. The molecule has 0 heterocycles. The van der Waals surface area contributed by atoms with Crippen LogP contribution in [0.4, 0.5) is 0 Å². The predicted molar refractivity (Wildman–Crippen MR) is 171 cm³/mol. The molecule has 0 saturated heterocycles. The number of hydrogen-bond acceptors (Lipinski definition) is 9. The van der Waals surface area contributed by atoms with Gasteiger partial charge in [0.2, 0.25) is 0 Å². The molecule has 0 aliphatic rings. The lowest BCUT2D eigenvalue weighted by molar-refractivity contribution is -0.0451. The van der Waals surface area contributed by atoms with Crippen LogP contribution in [0.3, 0.4) is 0 Å². The zero-order chi connectivity index (χ0) is 30.7. The van der Waals surface area contributed by atoms with Crippen molar-refractivity contribution in [3.63, 3.8) is 0 Å². The second-order valence-corrected chi connectivity index (χ2v) is 11.6. The van der Waals surface area contributed by atoms with Gasteiger partial charge in [0.05, 0.1) is 11.1 Å². The third-order valence-electron chi connectivity index (χ3n) is 6.34. The van der Waals surface area contributed by atoms with Crippen molar-refractivity contribution in [2.75, 3.05) is 38.9 Å². The maximum Gasteiger partial charge on any atom is 0.338 e. The number of benzene rings is 4. The molecule has 0 radical (unpaired) electrons. The van der Waals surface area contributed by atoms with Gasteiger partial charge in [0.25, 0.3) is 0 Å². The summed E-state index contributed by atoms with van der Waals surface area (Å²) < 4.78 is 22.1. The van der Waals surface area contributed by atoms with Crippen LogP contribution in [-0.4, -0.2) is 61.6 Å². The van der Waals surface area contributed by atoms with E-state index >= 15 is 0 Å². The maximum absolute atomic E-state index is 12.3. The molecule has 0 aliphatic carbocycles. The summed E-state index contributed by atoms with van der Waals surface area (Å²) in [4.78, 5) is 26.6.